The van der Waals surface area contributed by atoms with E-state index in [1.165, 1.54) is 0 Å². The van der Waals surface area contributed by atoms with Gasteiger partial charge in [-0.1, -0.05) is 54.6 Å². The van der Waals surface area contributed by atoms with Crippen LogP contribution >= 0.6 is 0 Å². The first-order valence-corrected chi connectivity index (χ1v) is 11.2. The minimum atomic E-state index is -0.595. The molecule has 1 atom stereocenters. The molecule has 0 aliphatic carbocycles. The lowest BCUT2D eigenvalue weighted by Gasteiger charge is -2.34. The third kappa shape index (κ3) is 5.07. The number of hydrogen-bond donors (Lipinski definition) is 1. The van der Waals surface area contributed by atoms with E-state index in [0.29, 0.717) is 26.1 Å². The van der Waals surface area contributed by atoms with E-state index in [0.717, 1.165) is 40.9 Å². The van der Waals surface area contributed by atoms with Gasteiger partial charge >= 0.3 is 0 Å². The van der Waals surface area contributed by atoms with E-state index >= 15 is 0 Å². The van der Waals surface area contributed by atoms with Gasteiger partial charge in [0.1, 0.15) is 6.04 Å². The molecule has 1 unspecified atom stereocenters. The number of carbonyl (C=O) groups is 2. The number of piperidine rings is 1. The zero-order valence-corrected chi connectivity index (χ0v) is 18.8. The second-order valence-electron chi connectivity index (χ2n) is 8.48. The molecule has 2 heterocycles. The lowest BCUT2D eigenvalue weighted by Crippen LogP contribution is -2.45. The van der Waals surface area contributed by atoms with Gasteiger partial charge < -0.3 is 10.2 Å². The molecule has 4 rings (SSSR count). The van der Waals surface area contributed by atoms with Crippen LogP contribution < -0.4 is 5.32 Å². The van der Waals surface area contributed by atoms with Gasteiger partial charge in [0.25, 0.3) is 0 Å². The van der Waals surface area contributed by atoms with Crippen molar-refractivity contribution in [3.63, 3.8) is 0 Å². The second kappa shape index (κ2) is 9.81. The molecule has 1 aliphatic heterocycles. The first-order valence-electron chi connectivity index (χ1n) is 11.2. The summed E-state index contributed by atoms with van der Waals surface area (Å²) in [6.07, 6.45) is 2.32. The van der Waals surface area contributed by atoms with Crippen LogP contribution in [0.4, 0.5) is 0 Å². The smallest absolute Gasteiger partial charge is 0.247 e. The van der Waals surface area contributed by atoms with Gasteiger partial charge in [0.15, 0.2) is 0 Å². The molecule has 0 saturated carbocycles. The maximum Gasteiger partial charge on any atom is 0.247 e. The fourth-order valence-corrected chi connectivity index (χ4v) is 4.34. The molecule has 0 spiro atoms. The summed E-state index contributed by atoms with van der Waals surface area (Å²) in [6, 6.07) is 19.2. The van der Waals surface area contributed by atoms with Gasteiger partial charge in [-0.3, -0.25) is 14.3 Å². The third-order valence-electron chi connectivity index (χ3n) is 5.93. The maximum atomic E-state index is 13.3. The molecular weight excluding hydrogens is 400 g/mol. The van der Waals surface area contributed by atoms with Crippen LogP contribution in [-0.2, 0) is 22.7 Å². The number of likely N-dealkylation sites (tertiary alicyclic amines) is 1. The Labute approximate surface area is 189 Å². The summed E-state index contributed by atoms with van der Waals surface area (Å²) in [5.74, 6) is -0.0949. The SMILES string of the molecule is Cc1cc(C)n(Cc2cccc(CNC(=O)C(c3ccccc3)N3CCCCC3=O)c2)n1. The first-order chi connectivity index (χ1) is 15.5. The molecule has 32 heavy (non-hydrogen) atoms. The van der Waals surface area contributed by atoms with E-state index < -0.39 is 6.04 Å². The van der Waals surface area contributed by atoms with Crippen LogP contribution in [0.25, 0.3) is 0 Å². The van der Waals surface area contributed by atoms with Gasteiger partial charge in [-0.25, -0.2) is 0 Å². The molecule has 1 aliphatic rings. The molecule has 1 N–H and O–H groups in total. The minimum absolute atomic E-state index is 0.0483. The third-order valence-corrected chi connectivity index (χ3v) is 5.93. The van der Waals surface area contributed by atoms with Crippen LogP contribution in [0.15, 0.2) is 60.7 Å². The van der Waals surface area contributed by atoms with Crippen molar-refractivity contribution < 1.29 is 9.59 Å². The zero-order valence-electron chi connectivity index (χ0n) is 18.8. The van der Waals surface area contributed by atoms with Crippen molar-refractivity contribution in [2.24, 2.45) is 0 Å². The van der Waals surface area contributed by atoms with Crippen molar-refractivity contribution in [1.29, 1.82) is 0 Å². The number of rotatable bonds is 7. The Morgan fingerprint density at radius 2 is 1.81 bits per heavy atom. The van der Waals surface area contributed by atoms with Crippen molar-refractivity contribution in [3.05, 3.63) is 88.7 Å². The van der Waals surface area contributed by atoms with Gasteiger partial charge in [-0.05, 0) is 49.4 Å². The molecule has 6 nitrogen and oxygen atoms in total. The Bertz CT molecular complexity index is 1090. The van der Waals surface area contributed by atoms with Gasteiger partial charge in [0.2, 0.25) is 11.8 Å². The summed E-state index contributed by atoms with van der Waals surface area (Å²) in [5, 5.41) is 7.60. The monoisotopic (exact) mass is 430 g/mol. The largest absolute Gasteiger partial charge is 0.350 e. The maximum absolute atomic E-state index is 13.3. The predicted molar refractivity (Wildman–Crippen MR) is 124 cm³/mol. The van der Waals surface area contributed by atoms with E-state index in [9.17, 15) is 9.59 Å². The lowest BCUT2D eigenvalue weighted by atomic mass is 10.0. The Kier molecular flexibility index (Phi) is 6.69. The van der Waals surface area contributed by atoms with Crippen LogP contribution in [0, 0.1) is 13.8 Å². The molecular formula is C26H30N4O2. The van der Waals surface area contributed by atoms with Gasteiger partial charge in [-0.2, -0.15) is 5.10 Å². The van der Waals surface area contributed by atoms with Crippen molar-refractivity contribution in [2.45, 2.75) is 52.2 Å². The van der Waals surface area contributed by atoms with Gasteiger partial charge in [0.05, 0.1) is 12.2 Å². The predicted octanol–water partition coefficient (Wildman–Crippen LogP) is 3.92. The molecule has 2 amide bonds. The van der Waals surface area contributed by atoms with E-state index in [1.54, 1.807) is 4.90 Å². The fourth-order valence-electron chi connectivity index (χ4n) is 4.34. The highest BCUT2D eigenvalue weighted by molar-refractivity contribution is 5.89. The zero-order chi connectivity index (χ0) is 22.5. The topological polar surface area (TPSA) is 67.2 Å². The molecule has 6 heteroatoms. The minimum Gasteiger partial charge on any atom is -0.350 e. The normalized spacial score (nSPS) is 14.9. The highest BCUT2D eigenvalue weighted by Gasteiger charge is 2.32. The van der Waals surface area contributed by atoms with Gasteiger partial charge in [-0.15, -0.1) is 0 Å². The van der Waals surface area contributed by atoms with Gasteiger partial charge in [0, 0.05) is 25.2 Å². The summed E-state index contributed by atoms with van der Waals surface area (Å²) in [4.78, 5) is 27.6. The lowest BCUT2D eigenvalue weighted by molar-refractivity contribution is -0.142. The molecule has 0 radical (unpaired) electrons. The fraction of sp³-hybridized carbons (Fsp3) is 0.346. The Morgan fingerprint density at radius 3 is 2.53 bits per heavy atom. The number of nitrogens with one attached hydrogen (secondary N) is 1. The van der Waals surface area contributed by atoms with E-state index in [1.807, 2.05) is 54.1 Å². The van der Waals surface area contributed by atoms with Crippen molar-refractivity contribution >= 4 is 11.8 Å². The van der Waals surface area contributed by atoms with Crippen molar-refractivity contribution in [3.8, 4) is 0 Å². The summed E-state index contributed by atoms with van der Waals surface area (Å²) in [5.41, 5.74) is 5.13. The summed E-state index contributed by atoms with van der Waals surface area (Å²) >= 11 is 0. The van der Waals surface area contributed by atoms with Crippen LogP contribution in [0.1, 0.15) is 53.4 Å². The number of amides is 2. The number of carbonyl (C=O) groups excluding carboxylic acids is 2. The van der Waals surface area contributed by atoms with Crippen molar-refractivity contribution in [1.82, 2.24) is 20.0 Å². The van der Waals surface area contributed by atoms with E-state index in [2.05, 4.69) is 35.5 Å². The Balaban J connectivity index is 1.47. The van der Waals surface area contributed by atoms with E-state index in [4.69, 9.17) is 0 Å². The van der Waals surface area contributed by atoms with Crippen molar-refractivity contribution in [2.75, 3.05) is 6.54 Å². The summed E-state index contributed by atoms with van der Waals surface area (Å²) < 4.78 is 1.99. The van der Waals surface area contributed by atoms with Crippen LogP contribution in [0.3, 0.4) is 0 Å². The molecule has 166 valence electrons. The number of benzene rings is 2. The second-order valence-corrected chi connectivity index (χ2v) is 8.48. The highest BCUT2D eigenvalue weighted by Crippen LogP contribution is 2.26. The molecule has 3 aromatic rings. The highest BCUT2D eigenvalue weighted by atomic mass is 16.2. The molecule has 1 saturated heterocycles. The molecule has 0 bridgehead atoms. The number of nitrogens with zero attached hydrogens (tertiary/aromatic N) is 3. The number of aryl methyl sites for hydroxylation is 2. The molecule has 2 aromatic carbocycles. The first kappa shape index (κ1) is 21.8. The molecule has 1 aromatic heterocycles. The number of hydrogen-bond acceptors (Lipinski definition) is 3. The molecule has 1 fully saturated rings. The Hall–Kier alpha value is -3.41. The van der Waals surface area contributed by atoms with E-state index in [-0.39, 0.29) is 11.8 Å². The van der Waals surface area contributed by atoms with Crippen LogP contribution in [0.2, 0.25) is 0 Å². The van der Waals surface area contributed by atoms with Crippen LogP contribution in [-0.4, -0.2) is 33.0 Å². The van der Waals surface area contributed by atoms with Crippen LogP contribution in [0.5, 0.6) is 0 Å². The standard InChI is InChI=1S/C26H30N4O2/c1-19-15-20(2)30(28-19)18-22-10-8-9-21(16-22)17-27-26(32)25(23-11-4-3-5-12-23)29-14-7-6-13-24(29)31/h3-5,8-12,15-16,25H,6-7,13-14,17-18H2,1-2H3,(H,27,32). The average Bonchev–Trinajstić information content (AvgIpc) is 3.11. The summed E-state index contributed by atoms with van der Waals surface area (Å²) in [7, 11) is 0. The number of aromatic nitrogens is 2. The summed E-state index contributed by atoms with van der Waals surface area (Å²) in [6.45, 7) is 5.76. The Morgan fingerprint density at radius 1 is 1.03 bits per heavy atom. The average molecular weight is 431 g/mol. The quantitative estimate of drug-likeness (QED) is 0.618.